The first-order valence-corrected chi connectivity index (χ1v) is 7.46. The summed E-state index contributed by atoms with van der Waals surface area (Å²) < 4.78 is 0. The van der Waals surface area contributed by atoms with Crippen LogP contribution in [0, 0.1) is 13.8 Å². The summed E-state index contributed by atoms with van der Waals surface area (Å²) in [5.41, 5.74) is 4.84. The Balaban J connectivity index is 1.91. The van der Waals surface area contributed by atoms with Crippen molar-refractivity contribution in [3.63, 3.8) is 0 Å². The van der Waals surface area contributed by atoms with Gasteiger partial charge in [-0.25, -0.2) is 0 Å². The molecule has 1 atom stereocenters. The fourth-order valence-electron chi connectivity index (χ4n) is 2.52. The Labute approximate surface area is 127 Å². The van der Waals surface area contributed by atoms with Crippen LogP contribution in [0.5, 0.6) is 0 Å². The highest BCUT2D eigenvalue weighted by Gasteiger charge is 2.11. The molecule has 2 rings (SSSR count). The van der Waals surface area contributed by atoms with E-state index < -0.39 is 0 Å². The van der Waals surface area contributed by atoms with E-state index in [-0.39, 0.29) is 11.9 Å². The molecule has 2 aromatic carbocycles. The highest BCUT2D eigenvalue weighted by Crippen LogP contribution is 2.19. The molecule has 1 unspecified atom stereocenters. The van der Waals surface area contributed by atoms with Gasteiger partial charge in [-0.05, 0) is 43.9 Å². The van der Waals surface area contributed by atoms with Gasteiger partial charge in [0.25, 0.3) is 0 Å². The van der Waals surface area contributed by atoms with Gasteiger partial charge in [-0.3, -0.25) is 4.79 Å². The molecule has 2 aromatic rings. The first kappa shape index (κ1) is 15.3. The van der Waals surface area contributed by atoms with E-state index in [9.17, 15) is 4.79 Å². The van der Waals surface area contributed by atoms with E-state index in [1.165, 1.54) is 22.3 Å². The zero-order valence-electron chi connectivity index (χ0n) is 13.0. The monoisotopic (exact) mass is 281 g/mol. The molecule has 1 N–H and O–H groups in total. The van der Waals surface area contributed by atoms with E-state index >= 15 is 0 Å². The third-order valence-corrected chi connectivity index (χ3v) is 3.76. The minimum absolute atomic E-state index is 0.0492. The molecule has 0 spiro atoms. The summed E-state index contributed by atoms with van der Waals surface area (Å²) in [5, 5.41) is 3.10. The fraction of sp³-hybridized carbons (Fsp3) is 0.316. The van der Waals surface area contributed by atoms with Crippen LogP contribution in [0.3, 0.4) is 0 Å². The maximum atomic E-state index is 12.1. The van der Waals surface area contributed by atoms with Gasteiger partial charge in [-0.15, -0.1) is 0 Å². The summed E-state index contributed by atoms with van der Waals surface area (Å²) in [7, 11) is 0. The van der Waals surface area contributed by atoms with E-state index in [2.05, 4.69) is 49.5 Å². The third kappa shape index (κ3) is 4.45. The summed E-state index contributed by atoms with van der Waals surface area (Å²) >= 11 is 0. The molecule has 1 amide bonds. The first-order chi connectivity index (χ1) is 10.1. The average molecular weight is 281 g/mol. The topological polar surface area (TPSA) is 29.1 Å². The number of nitrogens with one attached hydrogen (secondary N) is 1. The fourth-order valence-corrected chi connectivity index (χ4v) is 2.52. The molecule has 0 saturated carbocycles. The van der Waals surface area contributed by atoms with Gasteiger partial charge in [0.05, 0.1) is 6.04 Å². The van der Waals surface area contributed by atoms with E-state index in [0.717, 1.165) is 6.42 Å². The van der Waals surface area contributed by atoms with E-state index in [0.29, 0.717) is 6.42 Å². The molecular formula is C19H23NO. The normalized spacial score (nSPS) is 12.0. The highest BCUT2D eigenvalue weighted by molar-refractivity contribution is 5.76. The van der Waals surface area contributed by atoms with Crippen molar-refractivity contribution in [3.8, 4) is 0 Å². The number of carbonyl (C=O) groups is 1. The Morgan fingerprint density at radius 1 is 1.10 bits per heavy atom. The molecule has 2 nitrogen and oxygen atoms in total. The van der Waals surface area contributed by atoms with Gasteiger partial charge in [-0.2, -0.15) is 0 Å². The van der Waals surface area contributed by atoms with E-state index in [1.807, 2.05) is 25.1 Å². The number of benzene rings is 2. The maximum absolute atomic E-state index is 12.1. The Morgan fingerprint density at radius 3 is 2.52 bits per heavy atom. The molecular weight excluding hydrogens is 258 g/mol. The second kappa shape index (κ2) is 7.07. The Kier molecular flexibility index (Phi) is 5.15. The van der Waals surface area contributed by atoms with Gasteiger partial charge in [0.15, 0.2) is 0 Å². The Morgan fingerprint density at radius 2 is 1.81 bits per heavy atom. The Hall–Kier alpha value is -2.09. The van der Waals surface area contributed by atoms with Crippen LogP contribution in [0.1, 0.15) is 41.6 Å². The zero-order valence-corrected chi connectivity index (χ0v) is 13.0. The molecule has 0 radical (unpaired) electrons. The van der Waals surface area contributed by atoms with Gasteiger partial charge < -0.3 is 5.32 Å². The Bertz CT molecular complexity index is 604. The van der Waals surface area contributed by atoms with Crippen LogP contribution >= 0.6 is 0 Å². The van der Waals surface area contributed by atoms with Crippen LogP contribution in [-0.4, -0.2) is 5.91 Å². The summed E-state index contributed by atoms with van der Waals surface area (Å²) in [6, 6.07) is 16.5. The SMILES string of the molecule is Cc1ccc(C)c(C(C)NC(=O)CCc2ccccc2)c1. The molecule has 0 fully saturated rings. The molecule has 0 bridgehead atoms. The third-order valence-electron chi connectivity index (χ3n) is 3.76. The van der Waals surface area contributed by atoms with Gasteiger partial charge in [0.2, 0.25) is 5.91 Å². The molecule has 110 valence electrons. The number of amides is 1. The number of aryl methyl sites for hydroxylation is 3. The molecule has 0 aliphatic rings. The van der Waals surface area contributed by atoms with E-state index in [4.69, 9.17) is 0 Å². The average Bonchev–Trinajstić information content (AvgIpc) is 2.48. The van der Waals surface area contributed by atoms with Crippen molar-refractivity contribution in [1.82, 2.24) is 5.32 Å². The van der Waals surface area contributed by atoms with Crippen LogP contribution in [0.2, 0.25) is 0 Å². The molecule has 0 aromatic heterocycles. The van der Waals surface area contributed by atoms with Crippen LogP contribution in [0.15, 0.2) is 48.5 Å². The van der Waals surface area contributed by atoms with Crippen molar-refractivity contribution >= 4 is 5.91 Å². The summed E-state index contributed by atoms with van der Waals surface area (Å²) in [4.78, 5) is 12.1. The number of hydrogen-bond donors (Lipinski definition) is 1. The number of carbonyl (C=O) groups excluding carboxylic acids is 1. The lowest BCUT2D eigenvalue weighted by atomic mass is 10.00. The minimum Gasteiger partial charge on any atom is -0.350 e. The summed E-state index contributed by atoms with van der Waals surface area (Å²) in [5.74, 6) is 0.104. The quantitative estimate of drug-likeness (QED) is 0.878. The van der Waals surface area contributed by atoms with Gasteiger partial charge >= 0.3 is 0 Å². The van der Waals surface area contributed by atoms with Crippen molar-refractivity contribution in [2.75, 3.05) is 0 Å². The second-order valence-corrected chi connectivity index (χ2v) is 5.63. The highest BCUT2D eigenvalue weighted by atomic mass is 16.1. The summed E-state index contributed by atoms with van der Waals surface area (Å²) in [6.07, 6.45) is 1.31. The van der Waals surface area contributed by atoms with Gasteiger partial charge in [0, 0.05) is 6.42 Å². The molecule has 0 aliphatic heterocycles. The van der Waals surface area contributed by atoms with Crippen molar-refractivity contribution in [3.05, 3.63) is 70.8 Å². The smallest absolute Gasteiger partial charge is 0.220 e. The number of hydrogen-bond acceptors (Lipinski definition) is 1. The minimum atomic E-state index is 0.0492. The second-order valence-electron chi connectivity index (χ2n) is 5.63. The predicted molar refractivity (Wildman–Crippen MR) is 87.2 cm³/mol. The van der Waals surface area contributed by atoms with Crippen LogP contribution in [0.4, 0.5) is 0 Å². The zero-order chi connectivity index (χ0) is 15.2. The van der Waals surface area contributed by atoms with Crippen LogP contribution in [0.25, 0.3) is 0 Å². The van der Waals surface area contributed by atoms with Gasteiger partial charge in [-0.1, -0.05) is 54.1 Å². The largest absolute Gasteiger partial charge is 0.350 e. The molecule has 2 heteroatoms. The van der Waals surface area contributed by atoms with Crippen LogP contribution in [-0.2, 0) is 11.2 Å². The van der Waals surface area contributed by atoms with Crippen molar-refractivity contribution in [2.24, 2.45) is 0 Å². The van der Waals surface area contributed by atoms with Gasteiger partial charge in [0.1, 0.15) is 0 Å². The van der Waals surface area contributed by atoms with Crippen molar-refractivity contribution in [2.45, 2.75) is 39.7 Å². The molecule has 0 heterocycles. The lowest BCUT2D eigenvalue weighted by Gasteiger charge is -2.17. The van der Waals surface area contributed by atoms with Crippen molar-refractivity contribution < 1.29 is 4.79 Å². The number of rotatable bonds is 5. The molecule has 0 aliphatic carbocycles. The first-order valence-electron chi connectivity index (χ1n) is 7.46. The lowest BCUT2D eigenvalue weighted by molar-refractivity contribution is -0.121. The summed E-state index contributed by atoms with van der Waals surface area (Å²) in [6.45, 7) is 6.20. The standard InChI is InChI=1S/C19H23NO/c1-14-9-10-15(2)18(13-14)16(3)20-19(21)12-11-17-7-5-4-6-8-17/h4-10,13,16H,11-12H2,1-3H3,(H,20,21). The lowest BCUT2D eigenvalue weighted by Crippen LogP contribution is -2.27. The predicted octanol–water partition coefficient (Wildman–Crippen LogP) is 4.11. The van der Waals surface area contributed by atoms with Crippen molar-refractivity contribution in [1.29, 1.82) is 0 Å². The maximum Gasteiger partial charge on any atom is 0.220 e. The van der Waals surface area contributed by atoms with Crippen LogP contribution < -0.4 is 5.32 Å². The molecule has 0 saturated heterocycles. The van der Waals surface area contributed by atoms with E-state index in [1.54, 1.807) is 0 Å². The molecule has 21 heavy (non-hydrogen) atoms.